The zero-order valence-corrected chi connectivity index (χ0v) is 15.0. The maximum atomic E-state index is 3.12. The Kier molecular flexibility index (Phi) is 7.40. The van der Waals surface area contributed by atoms with E-state index in [4.69, 9.17) is 0 Å². The van der Waals surface area contributed by atoms with Gasteiger partial charge in [-0.3, -0.25) is 0 Å². The molecule has 1 aromatic rings. The molecule has 0 saturated carbocycles. The van der Waals surface area contributed by atoms with Crippen molar-refractivity contribution < 1.29 is 0 Å². The zero-order valence-electron chi connectivity index (χ0n) is 9.39. The summed E-state index contributed by atoms with van der Waals surface area (Å²) < 4.78 is 0. The van der Waals surface area contributed by atoms with Gasteiger partial charge in [0.25, 0.3) is 0 Å². The molecule has 0 nitrogen and oxygen atoms in total. The van der Waals surface area contributed by atoms with Gasteiger partial charge in [-0.05, 0) is 0 Å². The average Bonchev–Trinajstić information content (AvgIpc) is 2.31. The van der Waals surface area contributed by atoms with Gasteiger partial charge in [-0.2, -0.15) is 0 Å². The monoisotopic (exact) mass is 415 g/mol. The third kappa shape index (κ3) is 3.91. The number of benzene rings is 1. The molecule has 0 N–H and O–H groups in total. The minimum absolute atomic E-state index is 0.377. The average molecular weight is 412 g/mol. The molecule has 0 amide bonds. The van der Waals surface area contributed by atoms with Crippen molar-refractivity contribution in [3.8, 4) is 0 Å². The van der Waals surface area contributed by atoms with Crippen LogP contribution in [0.25, 0.3) is 0 Å². The van der Waals surface area contributed by atoms with Crippen LogP contribution in [0, 0.1) is 6.07 Å². The Hall–Kier alpha value is 0.778. The van der Waals surface area contributed by atoms with E-state index in [1.165, 1.54) is 40.8 Å². The van der Waals surface area contributed by atoms with Gasteiger partial charge in [0.1, 0.15) is 0 Å². The Morgan fingerprint density at radius 2 is 1.31 bits per heavy atom. The summed E-state index contributed by atoms with van der Waals surface area (Å²) in [7, 11) is 0. The van der Waals surface area contributed by atoms with Crippen molar-refractivity contribution in [2.75, 3.05) is 0 Å². The van der Waals surface area contributed by atoms with Gasteiger partial charge in [0.2, 0.25) is 0 Å². The van der Waals surface area contributed by atoms with Crippen LogP contribution < -0.4 is 0 Å². The molecular formula is C13H19Se3. The van der Waals surface area contributed by atoms with Crippen LogP contribution in [0.4, 0.5) is 0 Å². The minimum atomic E-state index is 0.377. The summed E-state index contributed by atoms with van der Waals surface area (Å²) in [5.41, 5.74) is 1.87. The summed E-state index contributed by atoms with van der Waals surface area (Å²) in [5, 5.41) is 3.60. The zero-order chi connectivity index (χ0) is 11.9. The second-order valence-electron chi connectivity index (χ2n) is 3.99. The first-order valence-electron chi connectivity index (χ1n) is 5.58. The summed E-state index contributed by atoms with van der Waals surface area (Å²) >= 11 is 8.19. The molecule has 1 aromatic carbocycles. The van der Waals surface area contributed by atoms with E-state index in [0.717, 1.165) is 0 Å². The SMILES string of the molecule is [SeH]CCC(CC[SeH])(CC[SeH])c1cc[c]cc1. The molecular weight excluding hydrogens is 393 g/mol. The molecule has 0 aliphatic heterocycles. The molecule has 3 heteroatoms. The fraction of sp³-hybridized carbons (Fsp3) is 0.538. The number of rotatable bonds is 7. The van der Waals surface area contributed by atoms with E-state index in [9.17, 15) is 0 Å². The molecule has 0 fully saturated rings. The summed E-state index contributed by atoms with van der Waals surface area (Å²) in [6.45, 7) is 0. The quantitative estimate of drug-likeness (QED) is 0.600. The van der Waals surface area contributed by atoms with E-state index in [-0.39, 0.29) is 0 Å². The fourth-order valence-corrected chi connectivity index (χ4v) is 4.88. The molecule has 0 bridgehead atoms. The van der Waals surface area contributed by atoms with E-state index >= 15 is 0 Å². The Morgan fingerprint density at radius 1 is 0.875 bits per heavy atom. The van der Waals surface area contributed by atoms with Gasteiger partial charge in [0, 0.05) is 0 Å². The van der Waals surface area contributed by atoms with Crippen molar-refractivity contribution in [3.05, 3.63) is 35.9 Å². The Labute approximate surface area is 124 Å². The molecule has 0 saturated heterocycles. The normalized spacial score (nSPS) is 11.7. The molecule has 0 aliphatic rings. The third-order valence-corrected chi connectivity index (χ3v) is 4.51. The molecule has 1 rings (SSSR count). The van der Waals surface area contributed by atoms with Crippen LogP contribution in [0.3, 0.4) is 0 Å². The van der Waals surface area contributed by atoms with Crippen LogP contribution >= 0.6 is 0 Å². The van der Waals surface area contributed by atoms with Crippen LogP contribution in [0.1, 0.15) is 24.8 Å². The molecule has 1 radical (unpaired) electrons. The van der Waals surface area contributed by atoms with Crippen molar-refractivity contribution in [1.82, 2.24) is 0 Å². The van der Waals surface area contributed by atoms with Crippen LogP contribution in [0.2, 0.25) is 16.0 Å². The molecule has 0 aliphatic carbocycles. The first-order chi connectivity index (χ1) is 7.79. The number of hydrogen-bond acceptors (Lipinski definition) is 0. The van der Waals surface area contributed by atoms with Gasteiger partial charge >= 0.3 is 125 Å². The van der Waals surface area contributed by atoms with Gasteiger partial charge < -0.3 is 0 Å². The molecule has 0 spiro atoms. The molecule has 0 heterocycles. The van der Waals surface area contributed by atoms with Crippen LogP contribution in [-0.4, -0.2) is 48.0 Å². The van der Waals surface area contributed by atoms with Crippen molar-refractivity contribution in [1.29, 1.82) is 0 Å². The first kappa shape index (κ1) is 14.8. The van der Waals surface area contributed by atoms with Gasteiger partial charge in [-0.1, -0.05) is 0 Å². The predicted octanol–water partition coefficient (Wildman–Crippen LogP) is 1.85. The van der Waals surface area contributed by atoms with Crippen molar-refractivity contribution in [2.24, 2.45) is 0 Å². The van der Waals surface area contributed by atoms with Crippen molar-refractivity contribution in [2.45, 2.75) is 40.6 Å². The maximum absolute atomic E-state index is 3.12. The van der Waals surface area contributed by atoms with Gasteiger partial charge in [-0.25, -0.2) is 0 Å². The standard InChI is InChI=1S/C13H19Se3/c14-9-6-13(7-10-15,8-11-16)12-4-2-1-3-5-12/h2-5,14-16H,6-11H2. The van der Waals surface area contributed by atoms with E-state index in [1.807, 2.05) is 12.1 Å². The van der Waals surface area contributed by atoms with E-state index in [0.29, 0.717) is 5.41 Å². The molecule has 16 heavy (non-hydrogen) atoms. The molecule has 89 valence electrons. The molecule has 0 unspecified atom stereocenters. The fourth-order valence-electron chi connectivity index (χ4n) is 2.19. The number of hydrogen-bond donors (Lipinski definition) is 0. The molecule has 0 atom stereocenters. The second kappa shape index (κ2) is 7.98. The van der Waals surface area contributed by atoms with Gasteiger partial charge in [0.15, 0.2) is 0 Å². The Morgan fingerprint density at radius 3 is 1.69 bits per heavy atom. The summed E-state index contributed by atoms with van der Waals surface area (Å²) in [6.07, 6.45) is 3.81. The topological polar surface area (TPSA) is 0 Å². The van der Waals surface area contributed by atoms with Gasteiger partial charge in [0.05, 0.1) is 0 Å². The third-order valence-electron chi connectivity index (χ3n) is 3.10. The van der Waals surface area contributed by atoms with E-state index in [1.54, 1.807) is 0 Å². The van der Waals surface area contributed by atoms with Crippen molar-refractivity contribution >= 4 is 48.0 Å². The van der Waals surface area contributed by atoms with E-state index in [2.05, 4.69) is 66.2 Å². The summed E-state index contributed by atoms with van der Waals surface area (Å²) in [5.74, 6) is 0. The van der Waals surface area contributed by atoms with Crippen molar-refractivity contribution in [3.63, 3.8) is 0 Å². The molecule has 0 aromatic heterocycles. The predicted molar refractivity (Wildman–Crippen MR) is 76.7 cm³/mol. The van der Waals surface area contributed by atoms with Crippen LogP contribution in [0.5, 0.6) is 0 Å². The Bertz CT molecular complexity index is 267. The summed E-state index contributed by atoms with van der Waals surface area (Å²) in [4.78, 5) is 0. The van der Waals surface area contributed by atoms with Crippen LogP contribution in [-0.2, 0) is 5.41 Å². The first-order valence-corrected chi connectivity index (χ1v) is 9.56. The van der Waals surface area contributed by atoms with Crippen LogP contribution in [0.15, 0.2) is 24.3 Å². The Balaban J connectivity index is 2.99. The van der Waals surface area contributed by atoms with E-state index < -0.39 is 0 Å². The second-order valence-corrected chi connectivity index (χ2v) is 6.80. The van der Waals surface area contributed by atoms with Gasteiger partial charge in [-0.15, -0.1) is 0 Å². The summed E-state index contributed by atoms with van der Waals surface area (Å²) in [6, 6.07) is 11.7.